The van der Waals surface area contributed by atoms with Crippen molar-refractivity contribution >= 4 is 0 Å². The first-order valence-corrected chi connectivity index (χ1v) is 7.24. The fourth-order valence-corrected chi connectivity index (χ4v) is 1.83. The number of hydrogen-bond acceptors (Lipinski definition) is 3. The summed E-state index contributed by atoms with van der Waals surface area (Å²) in [5.41, 5.74) is 3.86. The number of nitrogens with two attached hydrogens (primary N) is 1. The van der Waals surface area contributed by atoms with Crippen LogP contribution in [-0.4, -0.2) is 6.54 Å². The molecule has 3 heteroatoms. The van der Waals surface area contributed by atoms with Crippen LogP contribution in [0.25, 0.3) is 0 Å². The van der Waals surface area contributed by atoms with Crippen LogP contribution < -0.4 is 16.6 Å². The second-order valence-electron chi connectivity index (χ2n) is 4.63. The number of hydrazine groups is 1. The molecule has 0 aliphatic rings. The third-order valence-electron chi connectivity index (χ3n) is 2.94. The van der Waals surface area contributed by atoms with Crippen molar-refractivity contribution in [2.75, 3.05) is 6.54 Å². The highest BCUT2D eigenvalue weighted by molar-refractivity contribution is 4.97. The molecule has 0 atom stereocenters. The summed E-state index contributed by atoms with van der Waals surface area (Å²) >= 11 is 0. The standard InChI is InChI=1S/C14H31N3/c1-3-5-7-8-9-10-12-16-14(13-17-15)11-6-4-2/h13,16-17H,3-12,15H2,1-2H3/b14-13-. The average molecular weight is 241 g/mol. The van der Waals surface area contributed by atoms with Crippen LogP contribution in [0.1, 0.15) is 71.6 Å². The molecule has 0 unspecified atom stereocenters. The van der Waals surface area contributed by atoms with Crippen LogP contribution in [0.15, 0.2) is 11.9 Å². The first-order chi connectivity index (χ1) is 8.35. The monoisotopic (exact) mass is 241 g/mol. The fourth-order valence-electron chi connectivity index (χ4n) is 1.83. The van der Waals surface area contributed by atoms with Gasteiger partial charge in [0.15, 0.2) is 0 Å². The van der Waals surface area contributed by atoms with Crippen LogP contribution in [0.5, 0.6) is 0 Å². The Balaban J connectivity index is 3.44. The van der Waals surface area contributed by atoms with Gasteiger partial charge < -0.3 is 10.7 Å². The van der Waals surface area contributed by atoms with Crippen molar-refractivity contribution < 1.29 is 0 Å². The van der Waals surface area contributed by atoms with Gasteiger partial charge in [-0.25, -0.2) is 0 Å². The summed E-state index contributed by atoms with van der Waals surface area (Å²) in [5, 5.41) is 3.46. The Morgan fingerprint density at radius 2 is 1.59 bits per heavy atom. The molecular formula is C14H31N3. The molecule has 0 radical (unpaired) electrons. The lowest BCUT2D eigenvalue weighted by atomic mass is 10.1. The van der Waals surface area contributed by atoms with E-state index in [1.807, 2.05) is 6.20 Å². The lowest BCUT2D eigenvalue weighted by molar-refractivity contribution is 0.583. The number of nitrogens with one attached hydrogen (secondary N) is 2. The highest BCUT2D eigenvalue weighted by atomic mass is 15.2. The van der Waals surface area contributed by atoms with Gasteiger partial charge in [0, 0.05) is 18.4 Å². The average Bonchev–Trinajstić information content (AvgIpc) is 2.34. The molecule has 3 nitrogen and oxygen atoms in total. The van der Waals surface area contributed by atoms with Gasteiger partial charge in [0.25, 0.3) is 0 Å². The molecule has 4 N–H and O–H groups in total. The smallest absolute Gasteiger partial charge is 0.0312 e. The van der Waals surface area contributed by atoms with Gasteiger partial charge in [-0.2, -0.15) is 0 Å². The molecule has 0 aliphatic carbocycles. The summed E-state index contributed by atoms with van der Waals surface area (Å²) in [6.45, 7) is 5.54. The topological polar surface area (TPSA) is 50.1 Å². The Kier molecular flexibility index (Phi) is 12.8. The second-order valence-corrected chi connectivity index (χ2v) is 4.63. The van der Waals surface area contributed by atoms with Crippen LogP contribution in [-0.2, 0) is 0 Å². The molecular weight excluding hydrogens is 210 g/mol. The van der Waals surface area contributed by atoms with Crippen molar-refractivity contribution in [3.63, 3.8) is 0 Å². The molecule has 102 valence electrons. The van der Waals surface area contributed by atoms with Crippen LogP contribution in [0.3, 0.4) is 0 Å². The zero-order valence-electron chi connectivity index (χ0n) is 11.7. The highest BCUT2D eigenvalue weighted by Crippen LogP contribution is 2.06. The van der Waals surface area contributed by atoms with Gasteiger partial charge in [0.1, 0.15) is 0 Å². The summed E-state index contributed by atoms with van der Waals surface area (Å²) in [6.07, 6.45) is 13.5. The van der Waals surface area contributed by atoms with E-state index in [9.17, 15) is 0 Å². The van der Waals surface area contributed by atoms with E-state index < -0.39 is 0 Å². The Hall–Kier alpha value is -0.700. The van der Waals surface area contributed by atoms with Crippen LogP contribution in [0.4, 0.5) is 0 Å². The van der Waals surface area contributed by atoms with E-state index in [0.29, 0.717) is 0 Å². The summed E-state index contributed by atoms with van der Waals surface area (Å²) in [7, 11) is 0. The van der Waals surface area contributed by atoms with Crippen molar-refractivity contribution in [1.29, 1.82) is 0 Å². The van der Waals surface area contributed by atoms with Crippen molar-refractivity contribution in [3.05, 3.63) is 11.9 Å². The summed E-state index contributed by atoms with van der Waals surface area (Å²) < 4.78 is 0. The minimum atomic E-state index is 1.07. The second kappa shape index (κ2) is 13.4. The van der Waals surface area contributed by atoms with E-state index in [-0.39, 0.29) is 0 Å². The summed E-state index contributed by atoms with van der Waals surface area (Å²) in [4.78, 5) is 0. The highest BCUT2D eigenvalue weighted by Gasteiger charge is 1.96. The molecule has 0 rings (SSSR count). The lowest BCUT2D eigenvalue weighted by Gasteiger charge is -2.10. The van der Waals surface area contributed by atoms with Crippen LogP contribution in [0, 0.1) is 0 Å². The Labute approximate surface area is 107 Å². The van der Waals surface area contributed by atoms with Gasteiger partial charge in [0.05, 0.1) is 0 Å². The molecule has 0 bridgehead atoms. The number of hydrogen-bond donors (Lipinski definition) is 3. The maximum atomic E-state index is 5.32. The van der Waals surface area contributed by atoms with Crippen LogP contribution in [0.2, 0.25) is 0 Å². The third-order valence-corrected chi connectivity index (χ3v) is 2.94. The quantitative estimate of drug-likeness (QED) is 0.279. The van der Waals surface area contributed by atoms with Gasteiger partial charge in [-0.1, -0.05) is 52.4 Å². The molecule has 0 amide bonds. The lowest BCUT2D eigenvalue weighted by Crippen LogP contribution is -2.21. The van der Waals surface area contributed by atoms with E-state index >= 15 is 0 Å². The first kappa shape index (κ1) is 16.3. The molecule has 0 spiro atoms. The Morgan fingerprint density at radius 3 is 2.24 bits per heavy atom. The zero-order valence-corrected chi connectivity index (χ0v) is 11.7. The van der Waals surface area contributed by atoms with Crippen molar-refractivity contribution in [2.24, 2.45) is 5.84 Å². The zero-order chi connectivity index (χ0) is 12.8. The number of allylic oxidation sites excluding steroid dienone is 1. The molecule has 0 aromatic heterocycles. The van der Waals surface area contributed by atoms with Gasteiger partial charge in [-0.3, -0.25) is 5.84 Å². The molecule has 0 saturated heterocycles. The molecule has 0 aromatic rings. The van der Waals surface area contributed by atoms with Crippen molar-refractivity contribution in [3.8, 4) is 0 Å². The molecule has 0 fully saturated rings. The summed E-state index contributed by atoms with van der Waals surface area (Å²) in [5.74, 6) is 5.32. The van der Waals surface area contributed by atoms with Crippen LogP contribution >= 0.6 is 0 Å². The SMILES string of the molecule is CCCCCCCCN/C(=C\NN)CCCC. The first-order valence-electron chi connectivity index (χ1n) is 7.24. The van der Waals surface area contributed by atoms with Gasteiger partial charge >= 0.3 is 0 Å². The maximum absolute atomic E-state index is 5.32. The van der Waals surface area contributed by atoms with E-state index in [4.69, 9.17) is 5.84 Å². The largest absolute Gasteiger partial charge is 0.387 e. The molecule has 0 aromatic carbocycles. The van der Waals surface area contributed by atoms with E-state index in [0.717, 1.165) is 13.0 Å². The Bertz CT molecular complexity index is 178. The number of unbranched alkanes of at least 4 members (excludes halogenated alkanes) is 6. The number of rotatable bonds is 12. The van der Waals surface area contributed by atoms with E-state index in [1.54, 1.807) is 0 Å². The minimum Gasteiger partial charge on any atom is -0.387 e. The predicted octanol–water partition coefficient (Wildman–Crippen LogP) is 3.43. The predicted molar refractivity (Wildman–Crippen MR) is 76.3 cm³/mol. The normalized spacial score (nSPS) is 11.6. The minimum absolute atomic E-state index is 1.07. The molecule has 0 aliphatic heterocycles. The van der Waals surface area contributed by atoms with Crippen molar-refractivity contribution in [1.82, 2.24) is 10.7 Å². The third kappa shape index (κ3) is 11.6. The van der Waals surface area contributed by atoms with Gasteiger partial charge in [-0.15, -0.1) is 0 Å². The molecule has 17 heavy (non-hydrogen) atoms. The fraction of sp³-hybridized carbons (Fsp3) is 0.857. The van der Waals surface area contributed by atoms with Crippen molar-refractivity contribution in [2.45, 2.75) is 71.6 Å². The van der Waals surface area contributed by atoms with Gasteiger partial charge in [-0.05, 0) is 19.3 Å². The van der Waals surface area contributed by atoms with E-state index in [1.165, 1.54) is 57.1 Å². The molecule has 0 saturated carbocycles. The van der Waals surface area contributed by atoms with Gasteiger partial charge in [0.2, 0.25) is 0 Å². The summed E-state index contributed by atoms with van der Waals surface area (Å²) in [6, 6.07) is 0. The Morgan fingerprint density at radius 1 is 0.941 bits per heavy atom. The maximum Gasteiger partial charge on any atom is 0.0312 e. The van der Waals surface area contributed by atoms with E-state index in [2.05, 4.69) is 24.6 Å². The molecule has 0 heterocycles.